The van der Waals surface area contributed by atoms with E-state index in [0.29, 0.717) is 22.9 Å². The minimum atomic E-state index is -0.258. The van der Waals surface area contributed by atoms with Gasteiger partial charge in [0, 0.05) is 23.5 Å². The van der Waals surface area contributed by atoms with E-state index in [1.54, 1.807) is 6.07 Å². The van der Waals surface area contributed by atoms with Crippen LogP contribution in [0.4, 0.5) is 4.39 Å². The van der Waals surface area contributed by atoms with Crippen LogP contribution in [-0.4, -0.2) is 24.5 Å². The summed E-state index contributed by atoms with van der Waals surface area (Å²) in [5, 5.41) is 6.61. The molecule has 1 amide bonds. The van der Waals surface area contributed by atoms with Crippen LogP contribution in [0.2, 0.25) is 0 Å². The highest BCUT2D eigenvalue weighted by Crippen LogP contribution is 2.32. The third-order valence-electron chi connectivity index (χ3n) is 4.62. The van der Waals surface area contributed by atoms with Crippen molar-refractivity contribution >= 4 is 17.2 Å². The van der Waals surface area contributed by atoms with Crippen molar-refractivity contribution in [1.29, 1.82) is 0 Å². The summed E-state index contributed by atoms with van der Waals surface area (Å²) in [6, 6.07) is 11.0. The molecule has 22 heavy (non-hydrogen) atoms. The summed E-state index contributed by atoms with van der Waals surface area (Å²) in [7, 11) is 0. The van der Waals surface area contributed by atoms with Crippen LogP contribution in [0.5, 0.6) is 0 Å². The molecule has 2 bridgehead atoms. The highest BCUT2D eigenvalue weighted by atomic mass is 32.1. The largest absolute Gasteiger partial charge is 0.348 e. The Morgan fingerprint density at radius 3 is 2.91 bits per heavy atom. The average molecular weight is 316 g/mol. The highest BCUT2D eigenvalue weighted by Gasteiger charge is 2.40. The molecule has 1 aliphatic carbocycles. The molecule has 1 aliphatic heterocycles. The minimum absolute atomic E-state index is 0.00907. The van der Waals surface area contributed by atoms with Crippen LogP contribution < -0.4 is 10.6 Å². The molecule has 2 N–H and O–H groups in total. The van der Waals surface area contributed by atoms with Crippen molar-refractivity contribution in [2.45, 2.75) is 24.9 Å². The molecule has 3 atom stereocenters. The minimum Gasteiger partial charge on any atom is -0.348 e. The van der Waals surface area contributed by atoms with Crippen molar-refractivity contribution in [2.75, 3.05) is 6.54 Å². The quantitative estimate of drug-likeness (QED) is 0.914. The second kappa shape index (κ2) is 5.48. The summed E-state index contributed by atoms with van der Waals surface area (Å²) in [6.45, 7) is 1.01. The Bertz CT molecular complexity index is 714. The molecule has 1 saturated heterocycles. The molecule has 0 spiro atoms. The monoisotopic (exact) mass is 316 g/mol. The first-order valence-corrected chi connectivity index (χ1v) is 8.41. The number of hydrogen-bond acceptors (Lipinski definition) is 3. The highest BCUT2D eigenvalue weighted by molar-refractivity contribution is 7.17. The van der Waals surface area contributed by atoms with Gasteiger partial charge in [-0.05, 0) is 48.6 Å². The van der Waals surface area contributed by atoms with E-state index in [9.17, 15) is 9.18 Å². The molecular formula is C17H17FN2OS. The first kappa shape index (κ1) is 13.9. The first-order chi connectivity index (χ1) is 10.7. The fourth-order valence-electron chi connectivity index (χ4n) is 3.51. The van der Waals surface area contributed by atoms with Gasteiger partial charge in [-0.2, -0.15) is 0 Å². The molecule has 2 heterocycles. The van der Waals surface area contributed by atoms with Gasteiger partial charge in [-0.15, -0.1) is 11.3 Å². The Morgan fingerprint density at radius 2 is 2.18 bits per heavy atom. The number of rotatable bonds is 3. The lowest BCUT2D eigenvalue weighted by Gasteiger charge is -2.23. The standard InChI is InChI=1S/C17H17FN2OS/c18-12-3-1-2-10(6-12)15-4-5-16(22-15)17(21)20-14-8-13-7-11(14)9-19-13/h1-6,11,13-14,19H,7-9H2,(H,20,21). The molecule has 5 heteroatoms. The lowest BCUT2D eigenvalue weighted by molar-refractivity contribution is 0.0929. The van der Waals surface area contributed by atoms with Gasteiger partial charge in [0.2, 0.25) is 0 Å². The van der Waals surface area contributed by atoms with E-state index < -0.39 is 0 Å². The van der Waals surface area contributed by atoms with E-state index in [0.717, 1.165) is 23.4 Å². The summed E-state index contributed by atoms with van der Waals surface area (Å²) >= 11 is 1.41. The van der Waals surface area contributed by atoms with Crippen molar-refractivity contribution in [3.63, 3.8) is 0 Å². The summed E-state index contributed by atoms with van der Waals surface area (Å²) in [6.07, 6.45) is 2.20. The van der Waals surface area contributed by atoms with Crippen LogP contribution >= 0.6 is 11.3 Å². The molecule has 0 radical (unpaired) electrons. The van der Waals surface area contributed by atoms with Crippen molar-refractivity contribution in [3.05, 3.63) is 47.1 Å². The van der Waals surface area contributed by atoms with Gasteiger partial charge in [0.15, 0.2) is 0 Å². The average Bonchev–Trinajstić information content (AvgIpc) is 3.23. The number of carbonyl (C=O) groups is 1. The van der Waals surface area contributed by atoms with Gasteiger partial charge < -0.3 is 10.6 Å². The van der Waals surface area contributed by atoms with E-state index in [-0.39, 0.29) is 11.7 Å². The van der Waals surface area contributed by atoms with E-state index in [2.05, 4.69) is 10.6 Å². The smallest absolute Gasteiger partial charge is 0.261 e. The topological polar surface area (TPSA) is 41.1 Å². The zero-order chi connectivity index (χ0) is 15.1. The normalized spacial score (nSPS) is 26.3. The molecule has 4 rings (SSSR count). The predicted octanol–water partition coefficient (Wildman–Crippen LogP) is 3.03. The first-order valence-electron chi connectivity index (χ1n) is 7.59. The van der Waals surface area contributed by atoms with Gasteiger partial charge in [0.1, 0.15) is 5.82 Å². The van der Waals surface area contributed by atoms with E-state index in [4.69, 9.17) is 0 Å². The van der Waals surface area contributed by atoms with Gasteiger partial charge in [-0.3, -0.25) is 4.79 Å². The third kappa shape index (κ3) is 2.55. The molecule has 3 unspecified atom stereocenters. The predicted molar refractivity (Wildman–Crippen MR) is 85.5 cm³/mol. The van der Waals surface area contributed by atoms with Crippen molar-refractivity contribution in [3.8, 4) is 10.4 Å². The molecule has 2 aliphatic rings. The summed E-state index contributed by atoms with van der Waals surface area (Å²) < 4.78 is 13.3. The van der Waals surface area contributed by atoms with Gasteiger partial charge in [0.25, 0.3) is 5.91 Å². The van der Waals surface area contributed by atoms with Crippen LogP contribution in [0.1, 0.15) is 22.5 Å². The molecule has 1 aromatic carbocycles. The number of nitrogens with one attached hydrogen (secondary N) is 2. The number of piperidine rings is 1. The Kier molecular flexibility index (Phi) is 3.47. The van der Waals surface area contributed by atoms with Crippen molar-refractivity contribution < 1.29 is 9.18 Å². The van der Waals surface area contributed by atoms with Crippen LogP contribution in [0, 0.1) is 11.7 Å². The van der Waals surface area contributed by atoms with Gasteiger partial charge >= 0.3 is 0 Å². The number of hydrogen-bond donors (Lipinski definition) is 2. The third-order valence-corrected chi connectivity index (χ3v) is 5.75. The molecule has 1 aromatic heterocycles. The van der Waals surface area contributed by atoms with E-state index in [1.807, 2.05) is 18.2 Å². The lowest BCUT2D eigenvalue weighted by atomic mass is 10.0. The van der Waals surface area contributed by atoms with E-state index >= 15 is 0 Å². The number of halogens is 1. The van der Waals surface area contributed by atoms with Gasteiger partial charge in [0.05, 0.1) is 4.88 Å². The molecule has 2 fully saturated rings. The van der Waals surface area contributed by atoms with E-state index in [1.165, 1.54) is 29.9 Å². The number of amides is 1. The second-order valence-corrected chi connectivity index (χ2v) is 7.17. The zero-order valence-corrected chi connectivity index (χ0v) is 12.8. The summed E-state index contributed by atoms with van der Waals surface area (Å²) in [5.41, 5.74) is 0.813. The maximum atomic E-state index is 13.3. The van der Waals surface area contributed by atoms with Crippen molar-refractivity contribution in [2.24, 2.45) is 5.92 Å². The Morgan fingerprint density at radius 1 is 1.27 bits per heavy atom. The fraction of sp³-hybridized carbons (Fsp3) is 0.353. The van der Waals surface area contributed by atoms with Crippen molar-refractivity contribution in [1.82, 2.24) is 10.6 Å². The maximum Gasteiger partial charge on any atom is 0.261 e. The Balaban J connectivity index is 1.48. The Labute approximate surface area is 132 Å². The number of benzene rings is 1. The molecule has 2 aromatic rings. The summed E-state index contributed by atoms with van der Waals surface area (Å²) in [4.78, 5) is 14.0. The van der Waals surface area contributed by atoms with Gasteiger partial charge in [-0.1, -0.05) is 12.1 Å². The zero-order valence-electron chi connectivity index (χ0n) is 12.0. The Hall–Kier alpha value is -1.72. The number of carbonyl (C=O) groups excluding carboxylic acids is 1. The van der Waals surface area contributed by atoms with Crippen LogP contribution in [0.15, 0.2) is 36.4 Å². The SMILES string of the molecule is O=C(NC1CC2CC1CN2)c1ccc(-c2cccc(F)c2)s1. The van der Waals surface area contributed by atoms with Crippen LogP contribution in [0.25, 0.3) is 10.4 Å². The summed E-state index contributed by atoms with van der Waals surface area (Å²) in [5.74, 6) is 0.299. The van der Waals surface area contributed by atoms with Crippen LogP contribution in [0.3, 0.4) is 0 Å². The maximum absolute atomic E-state index is 13.3. The fourth-order valence-corrected chi connectivity index (χ4v) is 4.41. The molecule has 114 valence electrons. The number of fused-ring (bicyclic) bond motifs is 2. The van der Waals surface area contributed by atoms with Crippen LogP contribution in [-0.2, 0) is 0 Å². The lowest BCUT2D eigenvalue weighted by Crippen LogP contribution is -2.43. The molecule has 3 nitrogen and oxygen atoms in total. The molecular weight excluding hydrogens is 299 g/mol. The number of thiophene rings is 1. The molecule has 1 saturated carbocycles. The van der Waals surface area contributed by atoms with Gasteiger partial charge in [-0.25, -0.2) is 4.39 Å². The second-order valence-electron chi connectivity index (χ2n) is 6.09.